The third-order valence-electron chi connectivity index (χ3n) is 6.99. The molecule has 41 heavy (non-hydrogen) atoms. The molecule has 0 aromatic heterocycles. The molecule has 2 aromatic carbocycles. The summed E-state index contributed by atoms with van der Waals surface area (Å²) in [5, 5.41) is 10.7. The monoisotopic (exact) mass is 705 g/mol. The zero-order valence-corrected chi connectivity index (χ0v) is 35.4. The van der Waals surface area contributed by atoms with Crippen LogP contribution in [-0.2, 0) is 40.6 Å². The minimum Gasteiger partial charge on any atom is -0.748 e. The molecule has 0 radical (unpaired) electrons. The molecule has 1 atom stereocenters. The molecule has 1 unspecified atom stereocenters. The van der Waals surface area contributed by atoms with Crippen molar-refractivity contribution in [3.63, 3.8) is 0 Å². The van der Waals surface area contributed by atoms with Gasteiger partial charge in [-0.15, -0.1) is 0 Å². The first-order chi connectivity index (χ1) is 17.4. The number of carbonyl (C=O) groups excluding carboxylic acids is 1. The molecule has 2 aromatic rings. The van der Waals surface area contributed by atoms with Crippen molar-refractivity contribution in [3.8, 4) is 0 Å². The zero-order valence-electron chi connectivity index (χ0n) is 23.6. The van der Waals surface area contributed by atoms with Crippen LogP contribution in [-0.4, -0.2) is 67.5 Å². The standard InChI is InChI=1S/C23H29NO11S3.3K/c1-15-23(2,10-5-3-4-7-21(25)26)22-18-13-16(37(30,31)32)14-20(38(33,34)35)17(18)8-9-19(22)24(15)11-6-12-36(27,28)29;;;/h8-9,13-14H,3-7,10-12H2,1-2H3,(H3-,25,26,27,28,29,30,31,32,33,34,35);;;/q;3*+1/p-3. The van der Waals surface area contributed by atoms with Crippen molar-refractivity contribution >= 4 is 58.5 Å². The van der Waals surface area contributed by atoms with Gasteiger partial charge >= 0.3 is 154 Å². The molecule has 1 aliphatic rings. The van der Waals surface area contributed by atoms with Crippen LogP contribution in [0.3, 0.4) is 0 Å². The fraction of sp³-hybridized carbons (Fsp3) is 0.478. The van der Waals surface area contributed by atoms with Crippen LogP contribution >= 0.6 is 0 Å². The fourth-order valence-electron chi connectivity index (χ4n) is 5.10. The zero-order chi connectivity index (χ0) is 28.7. The van der Waals surface area contributed by atoms with Crippen molar-refractivity contribution in [3.05, 3.63) is 29.8 Å². The van der Waals surface area contributed by atoms with Gasteiger partial charge in [0.2, 0.25) is 5.69 Å². The number of benzene rings is 2. The van der Waals surface area contributed by atoms with E-state index in [1.807, 2.05) is 0 Å². The van der Waals surface area contributed by atoms with Crippen molar-refractivity contribution in [2.24, 2.45) is 0 Å². The molecule has 210 valence electrons. The van der Waals surface area contributed by atoms with Gasteiger partial charge in [-0.05, 0) is 49.8 Å². The number of aliphatic carboxylic acids is 1. The minimum absolute atomic E-state index is 0. The fourth-order valence-corrected chi connectivity index (χ4v) is 6.90. The van der Waals surface area contributed by atoms with E-state index in [4.69, 9.17) is 0 Å². The molecule has 0 amide bonds. The maximum absolute atomic E-state index is 12.0. The molecule has 0 N–H and O–H groups in total. The summed E-state index contributed by atoms with van der Waals surface area (Å²) in [6.45, 7) is 3.64. The van der Waals surface area contributed by atoms with Gasteiger partial charge in [-0.2, -0.15) is 4.58 Å². The van der Waals surface area contributed by atoms with Gasteiger partial charge in [-0.1, -0.05) is 12.8 Å². The second kappa shape index (κ2) is 17.0. The maximum atomic E-state index is 12.0. The number of carbonyl (C=O) groups is 1. The third kappa shape index (κ3) is 11.0. The molecule has 1 heterocycles. The van der Waals surface area contributed by atoms with Gasteiger partial charge in [-0.25, -0.2) is 25.3 Å². The molecule has 3 rings (SSSR count). The Morgan fingerprint density at radius 2 is 1.46 bits per heavy atom. The molecule has 0 saturated carbocycles. The van der Waals surface area contributed by atoms with Gasteiger partial charge < -0.3 is 23.6 Å². The average molecular weight is 706 g/mol. The molecule has 0 saturated heterocycles. The first kappa shape index (κ1) is 43.5. The van der Waals surface area contributed by atoms with E-state index in [-0.39, 0.29) is 184 Å². The second-order valence-electron chi connectivity index (χ2n) is 9.50. The Morgan fingerprint density at radius 1 is 0.854 bits per heavy atom. The average Bonchev–Trinajstić information content (AvgIpc) is 2.98. The Hall–Kier alpha value is 2.48. The molecule has 18 heteroatoms. The smallest absolute Gasteiger partial charge is 0.748 e. The van der Waals surface area contributed by atoms with Crippen LogP contribution in [0.5, 0.6) is 0 Å². The number of carboxylic acids is 1. The van der Waals surface area contributed by atoms with Crippen LogP contribution in [0, 0.1) is 0 Å². The van der Waals surface area contributed by atoms with E-state index in [9.17, 15) is 48.8 Å². The minimum atomic E-state index is -5.19. The van der Waals surface area contributed by atoms with Crippen molar-refractivity contribution < 1.29 is 208 Å². The summed E-state index contributed by atoms with van der Waals surface area (Å²) in [4.78, 5) is 8.99. The number of carboxylic acid groups (broad SMARTS) is 1. The summed E-state index contributed by atoms with van der Waals surface area (Å²) in [5.74, 6) is -1.81. The summed E-state index contributed by atoms with van der Waals surface area (Å²) in [7, 11) is -14.8. The number of hydrogen-bond acceptors (Lipinski definition) is 11. The molecular formula is C23H26K3NO11S3. The van der Waals surface area contributed by atoms with Crippen molar-refractivity contribution in [2.45, 2.75) is 67.6 Å². The van der Waals surface area contributed by atoms with Gasteiger partial charge in [0.1, 0.15) is 26.8 Å². The van der Waals surface area contributed by atoms with Crippen molar-refractivity contribution in [1.82, 2.24) is 0 Å². The summed E-state index contributed by atoms with van der Waals surface area (Å²) in [6, 6.07) is 4.40. The van der Waals surface area contributed by atoms with Crippen LogP contribution in [0.2, 0.25) is 0 Å². The predicted molar refractivity (Wildman–Crippen MR) is 130 cm³/mol. The van der Waals surface area contributed by atoms with E-state index in [0.29, 0.717) is 48.7 Å². The molecule has 0 aliphatic carbocycles. The molecular weight excluding hydrogens is 680 g/mol. The summed E-state index contributed by atoms with van der Waals surface area (Å²) in [6.07, 6.45) is 1.59. The third-order valence-corrected chi connectivity index (χ3v) is 9.46. The van der Waals surface area contributed by atoms with Crippen molar-refractivity contribution in [1.29, 1.82) is 0 Å². The van der Waals surface area contributed by atoms with Crippen LogP contribution in [0.4, 0.5) is 5.69 Å². The van der Waals surface area contributed by atoms with E-state index >= 15 is 0 Å². The predicted octanol–water partition coefficient (Wildman–Crippen LogP) is -8.33. The van der Waals surface area contributed by atoms with Crippen LogP contribution in [0.1, 0.15) is 57.9 Å². The summed E-state index contributed by atoms with van der Waals surface area (Å²) < 4.78 is 107. The normalized spacial score (nSPS) is 16.9. The van der Waals surface area contributed by atoms with E-state index in [1.165, 1.54) is 12.1 Å². The van der Waals surface area contributed by atoms with Crippen molar-refractivity contribution in [2.75, 3.05) is 12.3 Å². The Labute approximate surface area is 368 Å². The largest absolute Gasteiger partial charge is 1.00 e. The number of hydrogen-bond donors (Lipinski definition) is 0. The van der Waals surface area contributed by atoms with Gasteiger partial charge in [0.15, 0.2) is 5.71 Å². The van der Waals surface area contributed by atoms with Gasteiger partial charge in [0.05, 0.1) is 25.3 Å². The quantitative estimate of drug-likeness (QED) is 0.0875. The number of rotatable bonds is 12. The van der Waals surface area contributed by atoms with E-state index < -0.39 is 57.3 Å². The molecule has 0 bridgehead atoms. The Morgan fingerprint density at radius 3 is 1.98 bits per heavy atom. The summed E-state index contributed by atoms with van der Waals surface area (Å²) >= 11 is 0. The topological polar surface area (TPSA) is 215 Å². The van der Waals surface area contributed by atoms with Gasteiger partial charge in [0, 0.05) is 42.1 Å². The number of fused-ring (bicyclic) bond motifs is 3. The van der Waals surface area contributed by atoms with Crippen LogP contribution in [0.15, 0.2) is 34.1 Å². The Balaban J connectivity index is 0.00000533. The Kier molecular flexibility index (Phi) is 18.1. The maximum Gasteiger partial charge on any atom is 1.00 e. The van der Waals surface area contributed by atoms with E-state index in [1.54, 1.807) is 18.4 Å². The molecule has 12 nitrogen and oxygen atoms in total. The van der Waals surface area contributed by atoms with E-state index in [0.717, 1.165) is 6.07 Å². The summed E-state index contributed by atoms with van der Waals surface area (Å²) in [5.41, 5.74) is 0.699. The number of unbranched alkanes of at least 4 members (excludes halogenated alkanes) is 2. The molecule has 1 aliphatic heterocycles. The van der Waals surface area contributed by atoms with Gasteiger partial charge in [-0.3, -0.25) is 0 Å². The van der Waals surface area contributed by atoms with Crippen LogP contribution < -0.4 is 159 Å². The molecule has 0 spiro atoms. The second-order valence-corrected chi connectivity index (χ2v) is 13.8. The van der Waals surface area contributed by atoms with E-state index in [2.05, 4.69) is 0 Å². The first-order valence-corrected chi connectivity index (χ1v) is 16.0. The van der Waals surface area contributed by atoms with Crippen LogP contribution in [0.25, 0.3) is 10.8 Å². The molecule has 0 fully saturated rings. The SMILES string of the molecule is CC1=[N+](CCCS(=O)(=O)[O-])c2ccc3c(S(=O)(=O)[O-])cc(S(=O)(=O)[O-])cc3c2C1(C)CCCCCC(=O)[O-].[K+].[K+].[K+]. The van der Waals surface area contributed by atoms with Gasteiger partial charge in [0.25, 0.3) is 0 Å². The first-order valence-electron chi connectivity index (χ1n) is 11.6. The number of nitrogens with zero attached hydrogens (tertiary/aromatic N) is 1. The Bertz CT molecular complexity index is 1660.